The summed E-state index contributed by atoms with van der Waals surface area (Å²) in [5, 5.41) is 3.93. The van der Waals surface area contributed by atoms with Gasteiger partial charge in [0.1, 0.15) is 11.4 Å². The van der Waals surface area contributed by atoms with Crippen molar-refractivity contribution in [1.29, 1.82) is 0 Å². The minimum Gasteiger partial charge on any atom is -0.493 e. The van der Waals surface area contributed by atoms with Gasteiger partial charge in [-0.15, -0.1) is 0 Å². The van der Waals surface area contributed by atoms with Crippen LogP contribution in [-0.4, -0.2) is 40.2 Å². The Kier molecular flexibility index (Phi) is 5.51. The number of ether oxygens (including phenoxy) is 1. The summed E-state index contributed by atoms with van der Waals surface area (Å²) in [5.41, 5.74) is 2.25. The van der Waals surface area contributed by atoms with Crippen molar-refractivity contribution in [2.75, 3.05) is 19.7 Å². The number of halogens is 3. The molecule has 9 heteroatoms. The summed E-state index contributed by atoms with van der Waals surface area (Å²) < 4.78 is 45.3. The number of amides is 2. The van der Waals surface area contributed by atoms with Crippen LogP contribution in [0.4, 0.5) is 18.0 Å². The highest BCUT2D eigenvalue weighted by molar-refractivity contribution is 5.78. The number of aromatic nitrogens is 2. The first-order valence-corrected chi connectivity index (χ1v) is 9.94. The number of carbonyl (C=O) groups excluding carboxylic acids is 1. The molecule has 1 N–H and O–H groups in total. The van der Waals surface area contributed by atoms with E-state index in [2.05, 4.69) is 16.4 Å². The molecule has 1 saturated heterocycles. The van der Waals surface area contributed by atoms with Crippen LogP contribution in [0.5, 0.6) is 5.75 Å². The zero-order valence-electron chi connectivity index (χ0n) is 17.2. The van der Waals surface area contributed by atoms with Gasteiger partial charge >= 0.3 is 12.2 Å². The molecule has 0 radical (unpaired) electrons. The second-order valence-electron chi connectivity index (χ2n) is 7.86. The average molecular weight is 432 g/mol. The Hall–Kier alpha value is -3.23. The van der Waals surface area contributed by atoms with Gasteiger partial charge in [0, 0.05) is 49.9 Å². The van der Waals surface area contributed by atoms with Gasteiger partial charge in [0.25, 0.3) is 0 Å². The van der Waals surface area contributed by atoms with Crippen LogP contribution in [0.25, 0.3) is 11.0 Å². The highest BCUT2D eigenvalue weighted by Gasteiger charge is 2.32. The third-order valence-corrected chi connectivity index (χ3v) is 5.52. The lowest BCUT2D eigenvalue weighted by molar-refractivity contribution is -0.137. The molecule has 4 rings (SSSR count). The molecule has 1 aliphatic heterocycles. The van der Waals surface area contributed by atoms with Crippen molar-refractivity contribution in [2.24, 2.45) is 13.0 Å². The normalized spacial score (nSPS) is 14.5. The molecule has 164 valence electrons. The van der Waals surface area contributed by atoms with Crippen LogP contribution in [-0.2, 0) is 19.8 Å². The number of carbonyl (C=O) groups is 1. The number of hydrogen-bond donors (Lipinski definition) is 1. The van der Waals surface area contributed by atoms with Crippen LogP contribution in [0.1, 0.15) is 16.8 Å². The number of urea groups is 1. The van der Waals surface area contributed by atoms with Gasteiger partial charge in [0.15, 0.2) is 0 Å². The van der Waals surface area contributed by atoms with Crippen molar-refractivity contribution < 1.29 is 22.7 Å². The zero-order chi connectivity index (χ0) is 22.2. The largest absolute Gasteiger partial charge is 0.493 e. The number of alkyl halides is 3. The first kappa shape index (κ1) is 21.0. The molecule has 0 spiro atoms. The number of likely N-dealkylation sites (tertiary alicyclic amines) is 1. The van der Waals surface area contributed by atoms with E-state index in [-0.39, 0.29) is 11.9 Å². The molecule has 0 unspecified atom stereocenters. The summed E-state index contributed by atoms with van der Waals surface area (Å²) >= 11 is 0. The van der Waals surface area contributed by atoms with E-state index in [1.807, 2.05) is 24.6 Å². The highest BCUT2D eigenvalue weighted by atomic mass is 19.4. The second-order valence-corrected chi connectivity index (χ2v) is 7.86. The number of nitrogens with zero attached hydrogens (tertiary/aromatic N) is 3. The lowest BCUT2D eigenvalue weighted by Crippen LogP contribution is -2.55. The van der Waals surface area contributed by atoms with Gasteiger partial charge in [-0.3, -0.25) is 0 Å². The fourth-order valence-corrected chi connectivity index (χ4v) is 3.58. The quantitative estimate of drug-likeness (QED) is 0.660. The Morgan fingerprint density at radius 2 is 1.94 bits per heavy atom. The van der Waals surface area contributed by atoms with Crippen molar-refractivity contribution >= 4 is 17.1 Å². The molecule has 0 bridgehead atoms. The van der Waals surface area contributed by atoms with Gasteiger partial charge in [0.05, 0.1) is 12.2 Å². The van der Waals surface area contributed by atoms with E-state index < -0.39 is 11.7 Å². The third kappa shape index (κ3) is 4.60. The molecule has 31 heavy (non-hydrogen) atoms. The molecular weight excluding hydrogens is 409 g/mol. The van der Waals surface area contributed by atoms with E-state index in [4.69, 9.17) is 4.74 Å². The van der Waals surface area contributed by atoms with Crippen LogP contribution in [0.15, 0.2) is 42.6 Å². The minimum absolute atomic E-state index is 0.151. The van der Waals surface area contributed by atoms with Crippen LogP contribution in [0.3, 0.4) is 0 Å². The number of rotatable bonds is 5. The number of pyridine rings is 1. The molecule has 2 amide bonds. The van der Waals surface area contributed by atoms with Gasteiger partial charge < -0.3 is 19.5 Å². The first-order chi connectivity index (χ1) is 14.7. The van der Waals surface area contributed by atoms with E-state index in [0.29, 0.717) is 32.0 Å². The van der Waals surface area contributed by atoms with Crippen LogP contribution < -0.4 is 10.1 Å². The topological polar surface area (TPSA) is 59.4 Å². The smallest absolute Gasteiger partial charge is 0.416 e. The standard InChI is InChI=1S/C22H23F3N4O2/c1-14-7-17-8-15(9-26-20(17)28(14)2)10-27-21(30)29-11-16(12-29)13-31-19-5-3-18(4-6-19)22(23,24)25/h3-9,16H,10-13H2,1-2H3,(H,27,30). The fraction of sp³-hybridized carbons (Fsp3) is 0.364. The van der Waals surface area contributed by atoms with Crippen molar-refractivity contribution in [3.8, 4) is 5.75 Å². The Labute approximate surface area is 177 Å². The molecule has 2 aromatic heterocycles. The number of nitrogens with one attached hydrogen (secondary N) is 1. The Bertz CT molecular complexity index is 1090. The molecule has 1 aliphatic rings. The van der Waals surface area contributed by atoms with E-state index in [1.54, 1.807) is 11.1 Å². The summed E-state index contributed by atoms with van der Waals surface area (Å²) in [6.07, 6.45) is -2.60. The average Bonchev–Trinajstić information content (AvgIpc) is 2.98. The van der Waals surface area contributed by atoms with Crippen LogP contribution in [0.2, 0.25) is 0 Å². The Morgan fingerprint density at radius 1 is 1.23 bits per heavy atom. The molecule has 3 heterocycles. The molecule has 1 aromatic carbocycles. The van der Waals surface area contributed by atoms with Crippen molar-refractivity contribution in [2.45, 2.75) is 19.6 Å². The summed E-state index contributed by atoms with van der Waals surface area (Å²) in [6.45, 7) is 3.84. The van der Waals surface area contributed by atoms with E-state index in [0.717, 1.165) is 34.4 Å². The SMILES string of the molecule is Cc1cc2cc(CNC(=O)N3CC(COc4ccc(C(F)(F)F)cc4)C3)cnc2n1C. The molecular formula is C22H23F3N4O2. The van der Waals surface area contributed by atoms with Gasteiger partial charge in [-0.05, 0) is 48.9 Å². The molecule has 3 aromatic rings. The maximum atomic E-state index is 12.6. The first-order valence-electron chi connectivity index (χ1n) is 9.94. The van der Waals surface area contributed by atoms with Gasteiger partial charge in [0.2, 0.25) is 0 Å². The maximum Gasteiger partial charge on any atom is 0.416 e. The highest BCUT2D eigenvalue weighted by Crippen LogP contribution is 2.30. The predicted molar refractivity (Wildman–Crippen MR) is 110 cm³/mol. The van der Waals surface area contributed by atoms with Crippen molar-refractivity contribution in [1.82, 2.24) is 19.8 Å². The number of benzene rings is 1. The number of aryl methyl sites for hydroxylation is 2. The Morgan fingerprint density at radius 3 is 2.61 bits per heavy atom. The molecule has 0 saturated carbocycles. The third-order valence-electron chi connectivity index (χ3n) is 5.52. The van der Waals surface area contributed by atoms with Crippen LogP contribution >= 0.6 is 0 Å². The summed E-state index contributed by atoms with van der Waals surface area (Å²) in [6, 6.07) is 8.54. The van der Waals surface area contributed by atoms with E-state index in [9.17, 15) is 18.0 Å². The summed E-state index contributed by atoms with van der Waals surface area (Å²) in [4.78, 5) is 18.5. The lowest BCUT2D eigenvalue weighted by atomic mass is 10.0. The molecule has 0 atom stereocenters. The fourth-order valence-electron chi connectivity index (χ4n) is 3.58. The van der Waals surface area contributed by atoms with Crippen molar-refractivity contribution in [3.63, 3.8) is 0 Å². The maximum absolute atomic E-state index is 12.6. The minimum atomic E-state index is -4.36. The molecule has 1 fully saturated rings. The molecule has 6 nitrogen and oxygen atoms in total. The second kappa shape index (κ2) is 8.13. The number of hydrogen-bond acceptors (Lipinski definition) is 3. The van der Waals surface area contributed by atoms with Gasteiger partial charge in [-0.2, -0.15) is 13.2 Å². The van der Waals surface area contributed by atoms with E-state index in [1.165, 1.54) is 12.1 Å². The van der Waals surface area contributed by atoms with Gasteiger partial charge in [-0.25, -0.2) is 9.78 Å². The summed E-state index contributed by atoms with van der Waals surface area (Å²) in [7, 11) is 1.97. The van der Waals surface area contributed by atoms with E-state index >= 15 is 0 Å². The Balaban J connectivity index is 1.21. The van der Waals surface area contributed by atoms with Gasteiger partial charge in [-0.1, -0.05) is 0 Å². The zero-order valence-corrected chi connectivity index (χ0v) is 17.2. The predicted octanol–water partition coefficient (Wildman–Crippen LogP) is 4.12. The molecule has 0 aliphatic carbocycles. The number of fused-ring (bicyclic) bond motifs is 1. The summed E-state index contributed by atoms with van der Waals surface area (Å²) in [5.74, 6) is 0.535. The van der Waals surface area contributed by atoms with Crippen molar-refractivity contribution in [3.05, 3.63) is 59.4 Å². The van der Waals surface area contributed by atoms with Crippen LogP contribution in [0, 0.1) is 12.8 Å². The lowest BCUT2D eigenvalue weighted by Gasteiger charge is -2.38. The monoisotopic (exact) mass is 432 g/mol.